The second kappa shape index (κ2) is 7.28. The largest absolute Gasteiger partial charge is 0.481 e. The molecule has 0 saturated heterocycles. The quantitative estimate of drug-likeness (QED) is 0.785. The minimum atomic E-state index is -1.10. The molecule has 0 bridgehead atoms. The third-order valence-corrected chi connectivity index (χ3v) is 2.43. The lowest BCUT2D eigenvalue weighted by Crippen LogP contribution is -2.38. The smallest absolute Gasteiger partial charge is 0.412 e. The van der Waals surface area contributed by atoms with Gasteiger partial charge in [0, 0.05) is 6.04 Å². The topological polar surface area (TPSA) is 75.6 Å². The van der Waals surface area contributed by atoms with E-state index < -0.39 is 23.9 Å². The fourth-order valence-corrected chi connectivity index (χ4v) is 1.67. The third-order valence-electron chi connectivity index (χ3n) is 2.43. The van der Waals surface area contributed by atoms with Crippen LogP contribution in [0.1, 0.15) is 18.9 Å². The molecule has 0 radical (unpaired) electrons. The van der Waals surface area contributed by atoms with Gasteiger partial charge in [-0.25, -0.2) is 9.18 Å². The van der Waals surface area contributed by atoms with Crippen LogP contribution in [0.5, 0.6) is 0 Å². The Labute approximate surface area is 116 Å². The Hall–Kier alpha value is -2.37. The van der Waals surface area contributed by atoms with Gasteiger partial charge in [-0.3, -0.25) is 4.79 Å². The number of amides is 1. The Kier molecular flexibility index (Phi) is 5.71. The summed E-state index contributed by atoms with van der Waals surface area (Å²) in [5, 5.41) is 11.2. The van der Waals surface area contributed by atoms with Gasteiger partial charge in [-0.05, 0) is 25.0 Å². The average Bonchev–Trinajstić information content (AvgIpc) is 2.29. The van der Waals surface area contributed by atoms with Crippen LogP contribution in [0.4, 0.5) is 9.18 Å². The number of hydrogen-bond donors (Lipinski definition) is 2. The van der Waals surface area contributed by atoms with Gasteiger partial charge in [0.1, 0.15) is 5.82 Å². The molecule has 1 rings (SSSR count). The van der Waals surface area contributed by atoms with Gasteiger partial charge in [0.2, 0.25) is 0 Å². The van der Waals surface area contributed by atoms with Gasteiger partial charge in [0.25, 0.3) is 0 Å². The zero-order valence-corrected chi connectivity index (χ0v) is 11.1. The number of alkyl carbamates (subject to hydrolysis) is 1. The van der Waals surface area contributed by atoms with E-state index in [-0.39, 0.29) is 18.6 Å². The van der Waals surface area contributed by atoms with E-state index >= 15 is 0 Å². The predicted molar refractivity (Wildman–Crippen MR) is 70.6 cm³/mol. The minimum Gasteiger partial charge on any atom is -0.481 e. The highest BCUT2D eigenvalue weighted by Gasteiger charge is 2.19. The van der Waals surface area contributed by atoms with Gasteiger partial charge in [-0.15, -0.1) is 0 Å². The number of halogens is 1. The van der Waals surface area contributed by atoms with Gasteiger partial charge in [0.05, 0.1) is 12.2 Å². The number of aliphatic carboxylic acids is 1. The molecule has 108 valence electrons. The van der Waals surface area contributed by atoms with E-state index in [1.54, 1.807) is 6.07 Å². The zero-order chi connectivity index (χ0) is 15.1. The van der Waals surface area contributed by atoms with Gasteiger partial charge in [-0.1, -0.05) is 24.8 Å². The van der Waals surface area contributed by atoms with Crippen molar-refractivity contribution in [2.24, 2.45) is 0 Å². The molecule has 0 aromatic heterocycles. The average molecular weight is 281 g/mol. The number of carbonyl (C=O) groups is 2. The third kappa shape index (κ3) is 5.51. The van der Waals surface area contributed by atoms with Crippen molar-refractivity contribution < 1.29 is 23.8 Å². The number of carboxylic acid groups (broad SMARTS) is 1. The molecule has 0 unspecified atom stereocenters. The summed E-state index contributed by atoms with van der Waals surface area (Å²) in [7, 11) is 0. The summed E-state index contributed by atoms with van der Waals surface area (Å²) in [5.74, 6) is -1.36. The SMILES string of the molecule is C=C(C)OC(=O)N[C@@H](CC(=O)O)Cc1ccccc1F. The summed E-state index contributed by atoms with van der Waals surface area (Å²) < 4.78 is 18.2. The van der Waals surface area contributed by atoms with E-state index in [4.69, 9.17) is 9.84 Å². The van der Waals surface area contributed by atoms with Crippen LogP contribution < -0.4 is 5.32 Å². The summed E-state index contributed by atoms with van der Waals surface area (Å²) in [5.41, 5.74) is 0.328. The number of hydrogen-bond acceptors (Lipinski definition) is 3. The number of benzene rings is 1. The maximum atomic E-state index is 13.5. The molecule has 20 heavy (non-hydrogen) atoms. The molecule has 6 heteroatoms. The van der Waals surface area contributed by atoms with E-state index in [1.807, 2.05) is 0 Å². The molecule has 1 atom stereocenters. The second-order valence-corrected chi connectivity index (χ2v) is 4.33. The number of nitrogens with one attached hydrogen (secondary N) is 1. The minimum absolute atomic E-state index is 0.0598. The van der Waals surface area contributed by atoms with E-state index in [2.05, 4.69) is 11.9 Å². The lowest BCUT2D eigenvalue weighted by atomic mass is 10.0. The van der Waals surface area contributed by atoms with Crippen LogP contribution in [-0.2, 0) is 16.0 Å². The fourth-order valence-electron chi connectivity index (χ4n) is 1.67. The van der Waals surface area contributed by atoms with Gasteiger partial charge < -0.3 is 15.2 Å². The number of ether oxygens (including phenoxy) is 1. The Morgan fingerprint density at radius 1 is 1.45 bits per heavy atom. The highest BCUT2D eigenvalue weighted by Crippen LogP contribution is 2.11. The van der Waals surface area contributed by atoms with Gasteiger partial charge in [-0.2, -0.15) is 0 Å². The standard InChI is InChI=1S/C14H16FNO4/c1-9(2)20-14(19)16-11(8-13(17)18)7-10-5-3-4-6-12(10)15/h3-6,11H,1,7-8H2,2H3,(H,16,19)(H,17,18)/t11-/m1/s1. The Bertz CT molecular complexity index is 516. The number of carbonyl (C=O) groups excluding carboxylic acids is 1. The fraction of sp³-hybridized carbons (Fsp3) is 0.286. The van der Waals surface area contributed by atoms with E-state index in [0.29, 0.717) is 5.56 Å². The van der Waals surface area contributed by atoms with Crippen LogP contribution in [0.15, 0.2) is 36.6 Å². The maximum absolute atomic E-state index is 13.5. The highest BCUT2D eigenvalue weighted by molar-refractivity contribution is 5.72. The van der Waals surface area contributed by atoms with Crippen molar-refractivity contribution >= 4 is 12.1 Å². The number of rotatable bonds is 6. The molecule has 2 N–H and O–H groups in total. The normalized spacial score (nSPS) is 11.5. The highest BCUT2D eigenvalue weighted by atomic mass is 19.1. The predicted octanol–water partition coefficient (Wildman–Crippen LogP) is 2.47. The summed E-state index contributed by atoms with van der Waals surface area (Å²) >= 11 is 0. The molecule has 0 saturated carbocycles. The van der Waals surface area contributed by atoms with Gasteiger partial charge >= 0.3 is 12.1 Å². The van der Waals surface area contributed by atoms with E-state index in [9.17, 15) is 14.0 Å². The molecule has 0 aliphatic carbocycles. The molecule has 0 heterocycles. The lowest BCUT2D eigenvalue weighted by molar-refractivity contribution is -0.137. The Morgan fingerprint density at radius 3 is 2.65 bits per heavy atom. The first kappa shape index (κ1) is 15.7. The molecule has 0 spiro atoms. The van der Waals surface area contributed by atoms with Crippen LogP contribution in [0.3, 0.4) is 0 Å². The van der Waals surface area contributed by atoms with Crippen LogP contribution in [0.2, 0.25) is 0 Å². The molecule has 1 aromatic carbocycles. The van der Waals surface area contributed by atoms with Crippen molar-refractivity contribution in [2.75, 3.05) is 0 Å². The summed E-state index contributed by atoms with van der Waals surface area (Å²) in [4.78, 5) is 22.2. The van der Waals surface area contributed by atoms with Crippen molar-refractivity contribution in [1.29, 1.82) is 0 Å². The van der Waals surface area contributed by atoms with Crippen molar-refractivity contribution in [2.45, 2.75) is 25.8 Å². The Balaban J connectivity index is 2.74. The zero-order valence-electron chi connectivity index (χ0n) is 11.1. The molecular formula is C14H16FNO4. The number of carboxylic acids is 1. The monoisotopic (exact) mass is 281 g/mol. The first-order chi connectivity index (χ1) is 9.38. The summed E-state index contributed by atoms with van der Waals surface area (Å²) in [6.07, 6.45) is -1.08. The molecule has 0 aliphatic rings. The first-order valence-electron chi connectivity index (χ1n) is 5.97. The molecule has 0 fully saturated rings. The van der Waals surface area contributed by atoms with Crippen LogP contribution in [-0.4, -0.2) is 23.2 Å². The summed E-state index contributed by atoms with van der Waals surface area (Å²) in [6, 6.07) is 5.22. The van der Waals surface area contributed by atoms with Crippen molar-refractivity contribution in [1.82, 2.24) is 5.32 Å². The van der Waals surface area contributed by atoms with Crippen LogP contribution >= 0.6 is 0 Å². The molecule has 1 aromatic rings. The maximum Gasteiger partial charge on any atom is 0.412 e. The molecular weight excluding hydrogens is 265 g/mol. The molecule has 1 amide bonds. The van der Waals surface area contributed by atoms with Crippen LogP contribution in [0.25, 0.3) is 0 Å². The van der Waals surface area contributed by atoms with Crippen LogP contribution in [0, 0.1) is 5.82 Å². The van der Waals surface area contributed by atoms with Gasteiger partial charge in [0.15, 0.2) is 0 Å². The Morgan fingerprint density at radius 2 is 2.10 bits per heavy atom. The molecule has 5 nitrogen and oxygen atoms in total. The second-order valence-electron chi connectivity index (χ2n) is 4.33. The van der Waals surface area contributed by atoms with E-state index in [0.717, 1.165) is 0 Å². The summed E-state index contributed by atoms with van der Waals surface area (Å²) in [6.45, 7) is 4.89. The van der Waals surface area contributed by atoms with Crippen molar-refractivity contribution in [3.8, 4) is 0 Å². The first-order valence-corrected chi connectivity index (χ1v) is 5.97. The van der Waals surface area contributed by atoms with Crippen molar-refractivity contribution in [3.05, 3.63) is 48.0 Å². The van der Waals surface area contributed by atoms with Crippen molar-refractivity contribution in [3.63, 3.8) is 0 Å². The number of allylic oxidation sites excluding steroid dienone is 1. The van der Waals surface area contributed by atoms with E-state index in [1.165, 1.54) is 25.1 Å². The molecule has 0 aliphatic heterocycles. The lowest BCUT2D eigenvalue weighted by Gasteiger charge is -2.17.